The molecular formula is C20H26ClN3OS. The molecule has 6 heteroatoms. The van der Waals surface area contributed by atoms with Crippen LogP contribution in [-0.4, -0.2) is 27.8 Å². The van der Waals surface area contributed by atoms with Gasteiger partial charge in [0.2, 0.25) is 5.91 Å². The summed E-state index contributed by atoms with van der Waals surface area (Å²) in [7, 11) is 0. The number of imidazole rings is 1. The van der Waals surface area contributed by atoms with Crippen molar-refractivity contribution < 1.29 is 4.79 Å². The predicted octanol–water partition coefficient (Wildman–Crippen LogP) is 4.72. The highest BCUT2D eigenvalue weighted by molar-refractivity contribution is 7.99. The van der Waals surface area contributed by atoms with Crippen LogP contribution in [0, 0.1) is 13.8 Å². The summed E-state index contributed by atoms with van der Waals surface area (Å²) in [6.45, 7) is 4.82. The van der Waals surface area contributed by atoms with Gasteiger partial charge >= 0.3 is 0 Å². The lowest BCUT2D eigenvalue weighted by atomic mass is 10.1. The molecule has 0 atom stereocenters. The Morgan fingerprint density at radius 2 is 1.96 bits per heavy atom. The largest absolute Gasteiger partial charge is 0.355 e. The molecular weight excluding hydrogens is 366 g/mol. The van der Waals surface area contributed by atoms with Crippen LogP contribution in [0.1, 0.15) is 48.7 Å². The zero-order valence-electron chi connectivity index (χ0n) is 15.4. The van der Waals surface area contributed by atoms with E-state index in [4.69, 9.17) is 16.6 Å². The van der Waals surface area contributed by atoms with Crippen molar-refractivity contribution in [3.05, 3.63) is 46.2 Å². The minimum atomic E-state index is 0.0558. The summed E-state index contributed by atoms with van der Waals surface area (Å²) in [6.07, 6.45) is 5.82. The molecule has 3 rings (SSSR count). The highest BCUT2D eigenvalue weighted by Crippen LogP contribution is 2.35. The first-order chi connectivity index (χ1) is 12.5. The summed E-state index contributed by atoms with van der Waals surface area (Å²) < 4.78 is 2.36. The number of hydrogen-bond donors (Lipinski definition) is 1. The molecule has 0 bridgehead atoms. The lowest BCUT2D eigenvalue weighted by Gasteiger charge is -2.16. The molecule has 1 aliphatic carbocycles. The fraction of sp³-hybridized carbons (Fsp3) is 0.500. The van der Waals surface area contributed by atoms with Crippen LogP contribution in [0.4, 0.5) is 0 Å². The number of hydrogen-bond acceptors (Lipinski definition) is 3. The van der Waals surface area contributed by atoms with Crippen molar-refractivity contribution in [1.29, 1.82) is 0 Å². The third-order valence-electron chi connectivity index (χ3n) is 5.03. The summed E-state index contributed by atoms with van der Waals surface area (Å²) in [5.41, 5.74) is 3.48. The molecule has 0 radical (unpaired) electrons. The molecule has 0 aliphatic heterocycles. The van der Waals surface area contributed by atoms with Crippen molar-refractivity contribution in [1.82, 2.24) is 14.9 Å². The van der Waals surface area contributed by atoms with Gasteiger partial charge in [-0.15, -0.1) is 0 Å². The van der Waals surface area contributed by atoms with Crippen molar-refractivity contribution in [2.45, 2.75) is 57.1 Å². The van der Waals surface area contributed by atoms with Crippen LogP contribution in [0.25, 0.3) is 0 Å². The SMILES string of the molecule is Cc1nc(SCC(=O)NCCc2ccc(Cl)cc2)n(C2CCCC2)c1C. The van der Waals surface area contributed by atoms with E-state index < -0.39 is 0 Å². The van der Waals surface area contributed by atoms with Gasteiger partial charge in [-0.05, 0) is 50.8 Å². The molecule has 1 aliphatic rings. The van der Waals surface area contributed by atoms with E-state index in [1.807, 2.05) is 24.3 Å². The van der Waals surface area contributed by atoms with Crippen LogP contribution in [0.2, 0.25) is 5.02 Å². The standard InChI is InChI=1S/C20H26ClN3OS/c1-14-15(2)24(18-5-3-4-6-18)20(23-14)26-13-19(25)22-12-11-16-7-9-17(21)10-8-16/h7-10,18H,3-6,11-13H2,1-2H3,(H,22,25). The normalized spacial score (nSPS) is 14.7. The molecule has 1 saturated carbocycles. The van der Waals surface area contributed by atoms with Gasteiger partial charge < -0.3 is 9.88 Å². The molecule has 4 nitrogen and oxygen atoms in total. The molecule has 1 heterocycles. The number of amides is 1. The molecule has 1 N–H and O–H groups in total. The summed E-state index contributed by atoms with van der Waals surface area (Å²) in [4.78, 5) is 16.9. The van der Waals surface area contributed by atoms with Gasteiger partial charge in [0.25, 0.3) is 0 Å². The number of nitrogens with zero attached hydrogens (tertiary/aromatic N) is 2. The Labute approximate surface area is 164 Å². The van der Waals surface area contributed by atoms with Crippen LogP contribution in [0.15, 0.2) is 29.4 Å². The van der Waals surface area contributed by atoms with E-state index in [0.29, 0.717) is 18.3 Å². The van der Waals surface area contributed by atoms with Crippen LogP contribution < -0.4 is 5.32 Å². The zero-order valence-corrected chi connectivity index (χ0v) is 17.0. The average molecular weight is 392 g/mol. The van der Waals surface area contributed by atoms with Crippen LogP contribution in [-0.2, 0) is 11.2 Å². The van der Waals surface area contributed by atoms with E-state index in [1.165, 1.54) is 36.9 Å². The van der Waals surface area contributed by atoms with Gasteiger partial charge in [0.1, 0.15) is 0 Å². The second kappa shape index (κ2) is 8.96. The van der Waals surface area contributed by atoms with Gasteiger partial charge in [0.15, 0.2) is 5.16 Å². The monoisotopic (exact) mass is 391 g/mol. The van der Waals surface area contributed by atoms with E-state index >= 15 is 0 Å². The smallest absolute Gasteiger partial charge is 0.230 e. The van der Waals surface area contributed by atoms with E-state index in [0.717, 1.165) is 22.3 Å². The van der Waals surface area contributed by atoms with Gasteiger partial charge in [-0.3, -0.25) is 4.79 Å². The maximum Gasteiger partial charge on any atom is 0.230 e. The molecule has 26 heavy (non-hydrogen) atoms. The Morgan fingerprint density at radius 3 is 2.65 bits per heavy atom. The molecule has 1 aromatic heterocycles. The van der Waals surface area contributed by atoms with Crippen molar-refractivity contribution >= 4 is 29.3 Å². The lowest BCUT2D eigenvalue weighted by Crippen LogP contribution is -2.27. The molecule has 0 unspecified atom stereocenters. The van der Waals surface area contributed by atoms with Crippen LogP contribution >= 0.6 is 23.4 Å². The molecule has 1 fully saturated rings. The first kappa shape index (κ1) is 19.3. The highest BCUT2D eigenvalue weighted by atomic mass is 35.5. The number of nitrogens with one attached hydrogen (secondary N) is 1. The fourth-order valence-electron chi connectivity index (χ4n) is 3.47. The van der Waals surface area contributed by atoms with E-state index in [9.17, 15) is 4.79 Å². The Hall–Kier alpha value is -1.46. The summed E-state index contributed by atoms with van der Waals surface area (Å²) in [5, 5.41) is 4.72. The number of aromatic nitrogens is 2. The maximum absolute atomic E-state index is 12.2. The number of aryl methyl sites for hydroxylation is 1. The summed E-state index contributed by atoms with van der Waals surface area (Å²) >= 11 is 7.44. The van der Waals surface area contributed by atoms with Gasteiger partial charge in [0.05, 0.1) is 11.4 Å². The Kier molecular flexibility index (Phi) is 6.65. The highest BCUT2D eigenvalue weighted by Gasteiger charge is 2.23. The second-order valence-electron chi connectivity index (χ2n) is 6.89. The topological polar surface area (TPSA) is 46.9 Å². The number of carbonyl (C=O) groups excluding carboxylic acids is 1. The summed E-state index contributed by atoms with van der Waals surface area (Å²) in [5.74, 6) is 0.462. The van der Waals surface area contributed by atoms with Crippen molar-refractivity contribution in [2.24, 2.45) is 0 Å². The number of thioether (sulfide) groups is 1. The molecule has 140 valence electrons. The van der Waals surface area contributed by atoms with E-state index in [1.54, 1.807) is 11.8 Å². The molecule has 0 saturated heterocycles. The van der Waals surface area contributed by atoms with Gasteiger partial charge in [-0.25, -0.2) is 4.98 Å². The van der Waals surface area contributed by atoms with Crippen LogP contribution in [0.5, 0.6) is 0 Å². The molecule has 0 spiro atoms. The number of benzene rings is 1. The van der Waals surface area contributed by atoms with Crippen molar-refractivity contribution in [3.8, 4) is 0 Å². The zero-order chi connectivity index (χ0) is 18.5. The Morgan fingerprint density at radius 1 is 1.27 bits per heavy atom. The van der Waals surface area contributed by atoms with Crippen molar-refractivity contribution in [3.63, 3.8) is 0 Å². The van der Waals surface area contributed by atoms with Gasteiger partial charge in [-0.1, -0.05) is 48.3 Å². The van der Waals surface area contributed by atoms with E-state index in [-0.39, 0.29) is 5.91 Å². The number of rotatable bonds is 7. The minimum Gasteiger partial charge on any atom is -0.355 e. The first-order valence-corrected chi connectivity index (χ1v) is 10.6. The van der Waals surface area contributed by atoms with Crippen molar-refractivity contribution in [2.75, 3.05) is 12.3 Å². The van der Waals surface area contributed by atoms with Crippen LogP contribution in [0.3, 0.4) is 0 Å². The maximum atomic E-state index is 12.2. The third kappa shape index (κ3) is 4.83. The third-order valence-corrected chi connectivity index (χ3v) is 6.23. The molecule has 1 amide bonds. The first-order valence-electron chi connectivity index (χ1n) is 9.24. The Balaban J connectivity index is 1.50. The minimum absolute atomic E-state index is 0.0558. The fourth-order valence-corrected chi connectivity index (χ4v) is 4.58. The average Bonchev–Trinajstić information content (AvgIpc) is 3.23. The number of carbonyl (C=O) groups is 1. The van der Waals surface area contributed by atoms with Gasteiger partial charge in [0, 0.05) is 23.3 Å². The molecule has 1 aromatic carbocycles. The second-order valence-corrected chi connectivity index (χ2v) is 8.27. The number of halogens is 1. The molecule has 2 aromatic rings. The summed E-state index contributed by atoms with van der Waals surface area (Å²) in [6, 6.07) is 8.29. The van der Waals surface area contributed by atoms with Gasteiger partial charge in [-0.2, -0.15) is 0 Å². The lowest BCUT2D eigenvalue weighted by molar-refractivity contribution is -0.118. The Bertz CT molecular complexity index is 751. The predicted molar refractivity (Wildman–Crippen MR) is 108 cm³/mol. The quantitative estimate of drug-likeness (QED) is 0.694. The van der Waals surface area contributed by atoms with E-state index in [2.05, 4.69) is 23.7 Å².